The predicted octanol–water partition coefficient (Wildman–Crippen LogP) is 3.44. The number of phenols is 1. The molecule has 2 N–H and O–H groups in total. The minimum atomic E-state index is -1.03. The number of ether oxygens (including phenoxy) is 2. The summed E-state index contributed by atoms with van der Waals surface area (Å²) in [6.45, 7) is 1.59. The number of aliphatic hydroxyl groups is 1. The fourth-order valence-electron chi connectivity index (χ4n) is 3.17. The molecule has 1 aliphatic rings. The molecule has 0 saturated heterocycles. The van der Waals surface area contributed by atoms with Gasteiger partial charge in [-0.15, -0.1) is 0 Å². The van der Waals surface area contributed by atoms with Crippen molar-refractivity contribution >= 4 is 5.97 Å². The molecule has 0 spiro atoms. The monoisotopic (exact) mass is 360 g/mol. The molecule has 0 aliphatic carbocycles. The Balaban J connectivity index is 1.85. The summed E-state index contributed by atoms with van der Waals surface area (Å²) in [5.41, 5.74) is 1.87. The molecule has 5 nitrogen and oxygen atoms in total. The Morgan fingerprint density at radius 2 is 2.08 bits per heavy atom. The number of carbonyl (C=O) groups is 1. The molecule has 1 unspecified atom stereocenters. The number of hydrogen-bond donors (Lipinski definition) is 2. The molecule has 3 atom stereocenters. The summed E-state index contributed by atoms with van der Waals surface area (Å²) >= 11 is 0. The van der Waals surface area contributed by atoms with Crippen molar-refractivity contribution in [2.24, 2.45) is 5.92 Å². The van der Waals surface area contributed by atoms with Crippen LogP contribution in [0.4, 0.5) is 4.39 Å². The van der Waals surface area contributed by atoms with E-state index in [9.17, 15) is 19.4 Å². The van der Waals surface area contributed by atoms with Crippen molar-refractivity contribution in [3.63, 3.8) is 0 Å². The smallest absolute Gasteiger partial charge is 0.311 e. The number of benzene rings is 2. The van der Waals surface area contributed by atoms with E-state index in [1.807, 2.05) is 6.07 Å². The lowest BCUT2D eigenvalue weighted by atomic mass is 9.92. The maximum atomic E-state index is 14.1. The van der Waals surface area contributed by atoms with E-state index in [1.54, 1.807) is 19.1 Å². The molecular formula is C20H21FO5. The van der Waals surface area contributed by atoms with Crippen LogP contribution in [0.5, 0.6) is 11.5 Å². The lowest BCUT2D eigenvalue weighted by molar-refractivity contribution is -0.148. The van der Waals surface area contributed by atoms with E-state index in [-0.39, 0.29) is 5.75 Å². The van der Waals surface area contributed by atoms with E-state index >= 15 is 0 Å². The standard InChI is InChI=1S/C20H21FO5/c1-11(20(24)25-2)19(23)13-4-3-12-5-8-17(26-18(12)9-13)15-7-6-14(22)10-16(15)21/h3-4,6-7,9-11,17,19,22-23H,5,8H2,1-2H3/t11-,17?,19+/m0/s1. The average molecular weight is 360 g/mol. The summed E-state index contributed by atoms with van der Waals surface area (Å²) in [7, 11) is 1.28. The second-order valence-electron chi connectivity index (χ2n) is 6.47. The van der Waals surface area contributed by atoms with Gasteiger partial charge in [0.15, 0.2) is 0 Å². The average Bonchev–Trinajstić information content (AvgIpc) is 2.65. The van der Waals surface area contributed by atoms with Gasteiger partial charge >= 0.3 is 5.97 Å². The van der Waals surface area contributed by atoms with Crippen LogP contribution < -0.4 is 4.74 Å². The van der Waals surface area contributed by atoms with Gasteiger partial charge in [0.05, 0.1) is 19.1 Å². The molecular weight excluding hydrogens is 339 g/mol. The molecule has 3 rings (SSSR count). The minimum absolute atomic E-state index is 0.135. The van der Waals surface area contributed by atoms with Gasteiger partial charge in [-0.05, 0) is 49.1 Å². The van der Waals surface area contributed by atoms with Crippen LogP contribution in [0.1, 0.15) is 42.2 Å². The first kappa shape index (κ1) is 18.2. The van der Waals surface area contributed by atoms with Crippen LogP contribution in [0.2, 0.25) is 0 Å². The Labute approximate surface area is 151 Å². The number of fused-ring (bicyclic) bond motifs is 1. The first-order valence-corrected chi connectivity index (χ1v) is 8.44. The highest BCUT2D eigenvalue weighted by atomic mass is 19.1. The fourth-order valence-corrected chi connectivity index (χ4v) is 3.17. The van der Waals surface area contributed by atoms with Gasteiger partial charge in [0.25, 0.3) is 0 Å². The Morgan fingerprint density at radius 3 is 2.77 bits per heavy atom. The van der Waals surface area contributed by atoms with Gasteiger partial charge in [0, 0.05) is 11.6 Å². The molecule has 0 amide bonds. The lowest BCUT2D eigenvalue weighted by Gasteiger charge is -2.28. The number of aromatic hydroxyl groups is 1. The van der Waals surface area contributed by atoms with E-state index < -0.39 is 29.9 Å². The van der Waals surface area contributed by atoms with Gasteiger partial charge in [-0.25, -0.2) is 4.39 Å². The fraction of sp³-hybridized carbons (Fsp3) is 0.350. The summed E-state index contributed by atoms with van der Waals surface area (Å²) in [5, 5.41) is 19.8. The minimum Gasteiger partial charge on any atom is -0.508 e. The SMILES string of the molecule is COC(=O)[C@@H](C)[C@@H](O)c1ccc2c(c1)OC(c1ccc(O)cc1F)CC2. The zero-order chi connectivity index (χ0) is 18.8. The summed E-state index contributed by atoms with van der Waals surface area (Å²) in [4.78, 5) is 11.6. The van der Waals surface area contributed by atoms with E-state index in [4.69, 9.17) is 4.74 Å². The Morgan fingerprint density at radius 1 is 1.31 bits per heavy atom. The summed E-state index contributed by atoms with van der Waals surface area (Å²) in [6, 6.07) is 9.29. The number of esters is 1. The number of hydrogen-bond acceptors (Lipinski definition) is 5. The molecule has 0 saturated carbocycles. The van der Waals surface area contributed by atoms with Crippen LogP contribution >= 0.6 is 0 Å². The zero-order valence-electron chi connectivity index (χ0n) is 14.6. The molecule has 1 heterocycles. The van der Waals surface area contributed by atoms with Gasteiger partial charge in [0.2, 0.25) is 0 Å². The van der Waals surface area contributed by atoms with E-state index in [1.165, 1.54) is 19.2 Å². The van der Waals surface area contributed by atoms with E-state index in [0.717, 1.165) is 11.6 Å². The topological polar surface area (TPSA) is 76.0 Å². The molecule has 1 aliphatic heterocycles. The van der Waals surface area contributed by atoms with Crippen molar-refractivity contribution < 1.29 is 28.9 Å². The van der Waals surface area contributed by atoms with Crippen molar-refractivity contribution in [2.45, 2.75) is 32.0 Å². The number of halogens is 1. The van der Waals surface area contributed by atoms with Crippen molar-refractivity contribution in [3.8, 4) is 11.5 Å². The third-order valence-corrected chi connectivity index (χ3v) is 4.76. The molecule has 0 aromatic heterocycles. The number of aliphatic hydroxyl groups excluding tert-OH is 1. The van der Waals surface area contributed by atoms with Crippen molar-refractivity contribution in [1.82, 2.24) is 0 Å². The first-order chi connectivity index (χ1) is 12.4. The third-order valence-electron chi connectivity index (χ3n) is 4.76. The largest absolute Gasteiger partial charge is 0.508 e. The van der Waals surface area contributed by atoms with Crippen LogP contribution in [0.25, 0.3) is 0 Å². The number of rotatable bonds is 4. The Bertz CT molecular complexity index is 820. The molecule has 0 radical (unpaired) electrons. The van der Waals surface area contributed by atoms with Crippen molar-refractivity contribution in [1.29, 1.82) is 0 Å². The summed E-state index contributed by atoms with van der Waals surface area (Å²) < 4.78 is 24.7. The lowest BCUT2D eigenvalue weighted by Crippen LogP contribution is -2.21. The normalized spacial score (nSPS) is 18.4. The van der Waals surface area contributed by atoms with Crippen molar-refractivity contribution in [3.05, 3.63) is 58.9 Å². The van der Waals surface area contributed by atoms with Gasteiger partial charge in [0.1, 0.15) is 23.4 Å². The summed E-state index contributed by atoms with van der Waals surface area (Å²) in [5.74, 6) is -1.31. The zero-order valence-corrected chi connectivity index (χ0v) is 14.6. The molecule has 26 heavy (non-hydrogen) atoms. The molecule has 6 heteroatoms. The van der Waals surface area contributed by atoms with Crippen LogP contribution in [-0.2, 0) is 16.0 Å². The number of carbonyl (C=O) groups excluding carboxylic acids is 1. The highest BCUT2D eigenvalue weighted by Crippen LogP contribution is 2.38. The van der Waals surface area contributed by atoms with Crippen LogP contribution in [-0.4, -0.2) is 23.3 Å². The van der Waals surface area contributed by atoms with Crippen LogP contribution in [0.3, 0.4) is 0 Å². The van der Waals surface area contributed by atoms with Gasteiger partial charge in [-0.3, -0.25) is 4.79 Å². The van der Waals surface area contributed by atoms with E-state index in [2.05, 4.69) is 4.74 Å². The first-order valence-electron chi connectivity index (χ1n) is 8.44. The number of aryl methyl sites for hydroxylation is 1. The second-order valence-corrected chi connectivity index (χ2v) is 6.47. The number of methoxy groups -OCH3 is 1. The van der Waals surface area contributed by atoms with E-state index in [0.29, 0.717) is 29.7 Å². The third kappa shape index (κ3) is 3.51. The van der Waals surface area contributed by atoms with Crippen LogP contribution in [0, 0.1) is 11.7 Å². The molecule has 2 aromatic rings. The number of phenolic OH excluding ortho intramolecular Hbond substituents is 1. The quantitative estimate of drug-likeness (QED) is 0.817. The maximum absolute atomic E-state index is 14.1. The predicted molar refractivity (Wildman–Crippen MR) is 92.3 cm³/mol. The Kier molecular flexibility index (Phi) is 5.13. The van der Waals surface area contributed by atoms with Crippen molar-refractivity contribution in [2.75, 3.05) is 7.11 Å². The molecule has 0 bridgehead atoms. The maximum Gasteiger partial charge on any atom is 0.311 e. The second kappa shape index (κ2) is 7.33. The van der Waals surface area contributed by atoms with Gasteiger partial charge < -0.3 is 19.7 Å². The highest BCUT2D eigenvalue weighted by molar-refractivity contribution is 5.72. The molecule has 2 aromatic carbocycles. The summed E-state index contributed by atoms with van der Waals surface area (Å²) in [6.07, 6.45) is -0.200. The van der Waals surface area contributed by atoms with Gasteiger partial charge in [-0.2, -0.15) is 0 Å². The highest BCUT2D eigenvalue weighted by Gasteiger charge is 2.28. The Hall–Kier alpha value is -2.60. The van der Waals surface area contributed by atoms with Gasteiger partial charge in [-0.1, -0.05) is 12.1 Å². The molecule has 0 fully saturated rings. The van der Waals surface area contributed by atoms with Crippen LogP contribution in [0.15, 0.2) is 36.4 Å². The molecule has 138 valence electrons.